The van der Waals surface area contributed by atoms with Crippen molar-refractivity contribution < 1.29 is 8.42 Å². The molecule has 0 amide bonds. The van der Waals surface area contributed by atoms with Crippen molar-refractivity contribution in [2.45, 2.75) is 24.7 Å². The summed E-state index contributed by atoms with van der Waals surface area (Å²) in [7, 11) is -3.49. The Hall–Kier alpha value is -1.36. The molecule has 2 rings (SSSR count). The van der Waals surface area contributed by atoms with Gasteiger partial charge in [0, 0.05) is 6.21 Å². The first-order valence-corrected chi connectivity index (χ1v) is 6.68. The summed E-state index contributed by atoms with van der Waals surface area (Å²) in [4.78, 5) is 2.45. The highest BCUT2D eigenvalue weighted by atomic mass is 32.2. The first-order chi connectivity index (χ1) is 7.58. The van der Waals surface area contributed by atoms with Crippen molar-refractivity contribution in [2.24, 2.45) is 11.0 Å². The fraction of sp³-hybridized carbons (Fsp3) is 0.364. The minimum atomic E-state index is -3.49. The highest BCUT2D eigenvalue weighted by molar-refractivity contribution is 7.89. The minimum Gasteiger partial charge on any atom is -0.200 e. The highest BCUT2D eigenvalue weighted by Gasteiger charge is 2.19. The van der Waals surface area contributed by atoms with E-state index in [1.165, 1.54) is 0 Å². The molecule has 16 heavy (non-hydrogen) atoms. The number of nitrogens with one attached hydrogen (secondary N) is 1. The maximum Gasteiger partial charge on any atom is 0.276 e. The van der Waals surface area contributed by atoms with Gasteiger partial charge in [0.1, 0.15) is 0 Å². The molecule has 1 aromatic carbocycles. The number of benzene rings is 1. The fourth-order valence-electron chi connectivity index (χ4n) is 1.22. The second-order valence-corrected chi connectivity index (χ2v) is 5.68. The van der Waals surface area contributed by atoms with Crippen LogP contribution in [0.3, 0.4) is 0 Å². The first kappa shape index (κ1) is 11.1. The molecule has 0 unspecified atom stereocenters. The van der Waals surface area contributed by atoms with E-state index in [1.807, 2.05) is 6.92 Å². The van der Waals surface area contributed by atoms with E-state index >= 15 is 0 Å². The van der Waals surface area contributed by atoms with E-state index in [0.29, 0.717) is 5.92 Å². The van der Waals surface area contributed by atoms with Gasteiger partial charge in [-0.25, -0.2) is 4.83 Å². The molecule has 0 spiro atoms. The standard InChI is InChI=1S/C11H14N2O2S/c1-9-2-6-11(7-3-9)16(14,15)13-12-8-10-4-5-10/h2-3,6-8,10,13H,4-5H2,1H3. The maximum absolute atomic E-state index is 11.7. The van der Waals surface area contributed by atoms with Crippen LogP contribution in [0.4, 0.5) is 0 Å². The summed E-state index contributed by atoms with van der Waals surface area (Å²) in [6.45, 7) is 1.91. The predicted molar refractivity (Wildman–Crippen MR) is 62.7 cm³/mol. The lowest BCUT2D eigenvalue weighted by Gasteiger charge is -2.03. The summed E-state index contributed by atoms with van der Waals surface area (Å²) in [6.07, 6.45) is 3.87. The van der Waals surface area contributed by atoms with E-state index < -0.39 is 10.0 Å². The molecular formula is C11H14N2O2S. The van der Waals surface area contributed by atoms with Crippen molar-refractivity contribution in [3.63, 3.8) is 0 Å². The monoisotopic (exact) mass is 238 g/mol. The lowest BCUT2D eigenvalue weighted by atomic mass is 10.2. The average molecular weight is 238 g/mol. The van der Waals surface area contributed by atoms with E-state index in [0.717, 1.165) is 18.4 Å². The number of hydrogen-bond acceptors (Lipinski definition) is 3. The Morgan fingerprint density at radius 2 is 1.94 bits per heavy atom. The van der Waals surface area contributed by atoms with Crippen LogP contribution in [-0.4, -0.2) is 14.6 Å². The van der Waals surface area contributed by atoms with Gasteiger partial charge in [0.25, 0.3) is 10.0 Å². The zero-order chi connectivity index (χ0) is 11.6. The van der Waals surface area contributed by atoms with E-state index in [4.69, 9.17) is 0 Å². The SMILES string of the molecule is Cc1ccc(S(=O)(=O)NN=CC2CC2)cc1. The van der Waals surface area contributed by atoms with Crippen LogP contribution in [0, 0.1) is 12.8 Å². The normalized spacial score (nSPS) is 16.6. The van der Waals surface area contributed by atoms with Crippen molar-refractivity contribution in [3.05, 3.63) is 29.8 Å². The van der Waals surface area contributed by atoms with Crippen molar-refractivity contribution in [3.8, 4) is 0 Å². The van der Waals surface area contributed by atoms with Crippen molar-refractivity contribution in [2.75, 3.05) is 0 Å². The highest BCUT2D eigenvalue weighted by Crippen LogP contribution is 2.26. The number of nitrogens with zero attached hydrogens (tertiary/aromatic N) is 1. The molecule has 0 heterocycles. The van der Waals surface area contributed by atoms with Crippen LogP contribution in [0.5, 0.6) is 0 Å². The Kier molecular flexibility index (Phi) is 2.96. The van der Waals surface area contributed by atoms with Gasteiger partial charge in [-0.15, -0.1) is 0 Å². The summed E-state index contributed by atoms with van der Waals surface area (Å²) in [5, 5.41) is 3.74. The number of sulfonamides is 1. The van der Waals surface area contributed by atoms with Crippen molar-refractivity contribution >= 4 is 16.2 Å². The zero-order valence-corrected chi connectivity index (χ0v) is 9.87. The topological polar surface area (TPSA) is 58.5 Å². The molecule has 4 nitrogen and oxygen atoms in total. The number of aryl methyl sites for hydroxylation is 1. The molecule has 1 fully saturated rings. The molecule has 86 valence electrons. The Labute approximate surface area is 95.4 Å². The summed E-state index contributed by atoms with van der Waals surface area (Å²) >= 11 is 0. The van der Waals surface area contributed by atoms with Crippen LogP contribution in [0.25, 0.3) is 0 Å². The van der Waals surface area contributed by atoms with Crippen LogP contribution in [-0.2, 0) is 10.0 Å². The number of hydrazone groups is 1. The van der Waals surface area contributed by atoms with E-state index in [1.54, 1.807) is 30.5 Å². The second-order valence-electron chi connectivity index (χ2n) is 4.02. The van der Waals surface area contributed by atoms with Gasteiger partial charge < -0.3 is 0 Å². The lowest BCUT2D eigenvalue weighted by molar-refractivity contribution is 0.584. The zero-order valence-electron chi connectivity index (χ0n) is 9.05. The molecule has 0 aliphatic heterocycles. The Morgan fingerprint density at radius 3 is 2.50 bits per heavy atom. The summed E-state index contributed by atoms with van der Waals surface area (Å²) < 4.78 is 23.4. The fourth-order valence-corrected chi connectivity index (χ4v) is 2.02. The van der Waals surface area contributed by atoms with Crippen molar-refractivity contribution in [1.82, 2.24) is 4.83 Å². The average Bonchev–Trinajstić information content (AvgIpc) is 3.02. The lowest BCUT2D eigenvalue weighted by Crippen LogP contribution is -2.18. The Morgan fingerprint density at radius 1 is 1.31 bits per heavy atom. The molecule has 1 N–H and O–H groups in total. The molecule has 1 saturated carbocycles. The maximum atomic E-state index is 11.7. The van der Waals surface area contributed by atoms with Gasteiger partial charge >= 0.3 is 0 Å². The summed E-state index contributed by atoms with van der Waals surface area (Å²) in [5.41, 5.74) is 1.03. The third-order valence-corrected chi connectivity index (χ3v) is 3.65. The Bertz CT molecular complexity index is 487. The number of hydrogen-bond donors (Lipinski definition) is 1. The molecule has 1 aliphatic carbocycles. The second kappa shape index (κ2) is 4.25. The van der Waals surface area contributed by atoms with Crippen LogP contribution >= 0.6 is 0 Å². The molecule has 0 bridgehead atoms. The van der Waals surface area contributed by atoms with Crippen molar-refractivity contribution in [1.29, 1.82) is 0 Å². The van der Waals surface area contributed by atoms with Gasteiger partial charge in [0.2, 0.25) is 0 Å². The van der Waals surface area contributed by atoms with Crippen LogP contribution in [0.2, 0.25) is 0 Å². The van der Waals surface area contributed by atoms with Gasteiger partial charge in [-0.2, -0.15) is 13.5 Å². The minimum absolute atomic E-state index is 0.242. The van der Waals surface area contributed by atoms with E-state index in [-0.39, 0.29) is 4.90 Å². The molecule has 0 radical (unpaired) electrons. The molecule has 0 atom stereocenters. The summed E-state index contributed by atoms with van der Waals surface area (Å²) in [6, 6.07) is 6.67. The molecule has 0 saturated heterocycles. The van der Waals surface area contributed by atoms with Gasteiger partial charge in [-0.3, -0.25) is 0 Å². The van der Waals surface area contributed by atoms with Gasteiger partial charge in [-0.05, 0) is 37.8 Å². The molecular weight excluding hydrogens is 224 g/mol. The molecule has 5 heteroatoms. The van der Waals surface area contributed by atoms with Gasteiger partial charge in [0.05, 0.1) is 4.90 Å². The van der Waals surface area contributed by atoms with E-state index in [2.05, 4.69) is 9.93 Å². The third-order valence-electron chi connectivity index (χ3n) is 2.41. The van der Waals surface area contributed by atoms with E-state index in [9.17, 15) is 8.42 Å². The van der Waals surface area contributed by atoms with Crippen LogP contribution < -0.4 is 4.83 Å². The predicted octanol–water partition coefficient (Wildman–Crippen LogP) is 1.67. The molecule has 1 aromatic rings. The van der Waals surface area contributed by atoms with Crippen LogP contribution in [0.15, 0.2) is 34.3 Å². The Balaban J connectivity index is 2.08. The molecule has 1 aliphatic rings. The number of rotatable bonds is 4. The smallest absolute Gasteiger partial charge is 0.200 e. The summed E-state index contributed by atoms with van der Waals surface area (Å²) in [5.74, 6) is 0.459. The third kappa shape index (κ3) is 2.82. The van der Waals surface area contributed by atoms with Gasteiger partial charge in [-0.1, -0.05) is 17.7 Å². The molecule has 0 aromatic heterocycles. The van der Waals surface area contributed by atoms with Gasteiger partial charge in [0.15, 0.2) is 0 Å². The van der Waals surface area contributed by atoms with Crippen LogP contribution in [0.1, 0.15) is 18.4 Å². The largest absolute Gasteiger partial charge is 0.276 e. The quantitative estimate of drug-likeness (QED) is 0.640. The first-order valence-electron chi connectivity index (χ1n) is 5.19.